The number of hydrogen-bond acceptors (Lipinski definition) is 8. The number of anilines is 2. The van der Waals surface area contributed by atoms with Crippen molar-refractivity contribution in [2.75, 3.05) is 24.1 Å². The van der Waals surface area contributed by atoms with Crippen molar-refractivity contribution in [2.24, 2.45) is 0 Å². The van der Waals surface area contributed by atoms with Crippen molar-refractivity contribution in [3.63, 3.8) is 0 Å². The second-order valence-corrected chi connectivity index (χ2v) is 7.48. The number of rotatable bonds is 4. The van der Waals surface area contributed by atoms with E-state index in [0.717, 1.165) is 12.8 Å². The van der Waals surface area contributed by atoms with Crippen LogP contribution in [0.15, 0.2) is 47.7 Å². The maximum atomic E-state index is 13.1. The lowest BCUT2D eigenvalue weighted by Crippen LogP contribution is -2.40. The fraction of sp³-hybridized carbons (Fsp3) is 0.238. The van der Waals surface area contributed by atoms with Crippen molar-refractivity contribution >= 4 is 45.8 Å². The van der Waals surface area contributed by atoms with Crippen LogP contribution in [0.3, 0.4) is 0 Å². The molecule has 4 aromatic rings. The molecule has 3 N–H and O–H groups in total. The number of fused-ring (bicyclic) bond motifs is 2. The molecule has 1 aliphatic rings. The number of amides is 2. The normalized spacial score (nSPS) is 16.4. The Balaban J connectivity index is 1.51. The van der Waals surface area contributed by atoms with Crippen molar-refractivity contribution in [3.05, 3.63) is 48.9 Å². The van der Waals surface area contributed by atoms with Gasteiger partial charge in [-0.25, -0.2) is 14.6 Å². The highest BCUT2D eigenvalue weighted by Gasteiger charge is 2.29. The van der Waals surface area contributed by atoms with E-state index in [9.17, 15) is 9.59 Å². The third kappa shape index (κ3) is 3.33. The van der Waals surface area contributed by atoms with Gasteiger partial charge in [-0.15, -0.1) is 0 Å². The molecule has 4 heterocycles. The Morgan fingerprint density at radius 1 is 1.28 bits per heavy atom. The summed E-state index contributed by atoms with van der Waals surface area (Å²) in [6.45, 7) is 4.63. The van der Waals surface area contributed by atoms with Crippen LogP contribution in [0, 0.1) is 0 Å². The van der Waals surface area contributed by atoms with Crippen LogP contribution in [0.1, 0.15) is 29.4 Å². The average Bonchev–Trinajstić information content (AvgIpc) is 3.40. The molecule has 2 amide bonds. The van der Waals surface area contributed by atoms with Crippen molar-refractivity contribution in [2.45, 2.75) is 18.9 Å². The third-order valence-electron chi connectivity index (χ3n) is 5.48. The van der Waals surface area contributed by atoms with Crippen LogP contribution in [0.5, 0.6) is 0 Å². The van der Waals surface area contributed by atoms with Gasteiger partial charge in [0.05, 0.1) is 11.4 Å². The fourth-order valence-corrected chi connectivity index (χ4v) is 3.97. The molecule has 0 radical (unpaired) electrons. The number of likely N-dealkylation sites (tertiary alicyclic amines) is 1. The maximum absolute atomic E-state index is 13.1. The highest BCUT2D eigenvalue weighted by atomic mass is 16.4. The lowest BCUT2D eigenvalue weighted by Gasteiger charge is -2.32. The van der Waals surface area contributed by atoms with Crippen molar-refractivity contribution < 1.29 is 14.0 Å². The SMILES string of the molecule is C=CC(=O)N1CCCC(n2nc(C(=O)Nc3nc4ccccc4o3)c3c(N)ncnc32)C1. The van der Waals surface area contributed by atoms with E-state index in [2.05, 4.69) is 31.9 Å². The number of carbonyl (C=O) groups is 2. The van der Waals surface area contributed by atoms with Gasteiger partial charge in [0, 0.05) is 13.1 Å². The zero-order chi connectivity index (χ0) is 22.2. The molecule has 11 heteroatoms. The number of nitrogens with two attached hydrogens (primary N) is 1. The average molecular weight is 432 g/mol. The first kappa shape index (κ1) is 19.7. The maximum Gasteiger partial charge on any atom is 0.302 e. The van der Waals surface area contributed by atoms with E-state index in [0.29, 0.717) is 35.2 Å². The molecule has 1 aromatic carbocycles. The lowest BCUT2D eigenvalue weighted by atomic mass is 10.1. The van der Waals surface area contributed by atoms with Gasteiger partial charge in [-0.2, -0.15) is 10.1 Å². The Morgan fingerprint density at radius 2 is 2.12 bits per heavy atom. The lowest BCUT2D eigenvalue weighted by molar-refractivity contribution is -0.127. The van der Waals surface area contributed by atoms with Crippen LogP contribution in [0.4, 0.5) is 11.8 Å². The summed E-state index contributed by atoms with van der Waals surface area (Å²) in [4.78, 5) is 39.5. The summed E-state index contributed by atoms with van der Waals surface area (Å²) in [5.41, 5.74) is 7.75. The molecule has 3 aromatic heterocycles. The number of nitrogens with zero attached hydrogens (tertiary/aromatic N) is 6. The standard InChI is InChI=1S/C21H20N8O3/c1-2-15(30)28-9-5-6-12(10-28)29-19-16(18(22)23-11-24-19)17(27-29)20(31)26-21-25-13-7-3-4-8-14(13)32-21/h2-4,7-8,11-12H,1,5-6,9-10H2,(H2,22,23,24)(H,25,26,31). The molecular weight excluding hydrogens is 412 g/mol. The van der Waals surface area contributed by atoms with E-state index in [1.807, 2.05) is 12.1 Å². The summed E-state index contributed by atoms with van der Waals surface area (Å²) in [6, 6.07) is 7.06. The summed E-state index contributed by atoms with van der Waals surface area (Å²) in [5, 5.41) is 7.51. The number of hydrogen-bond donors (Lipinski definition) is 2. The van der Waals surface area contributed by atoms with E-state index in [-0.39, 0.29) is 29.5 Å². The quantitative estimate of drug-likeness (QED) is 0.467. The molecule has 1 aliphatic heterocycles. The molecule has 5 rings (SSSR count). The summed E-state index contributed by atoms with van der Waals surface area (Å²) in [6.07, 6.45) is 4.18. The van der Waals surface area contributed by atoms with Crippen LogP contribution in [-0.4, -0.2) is 54.5 Å². The number of carbonyl (C=O) groups excluding carboxylic acids is 2. The second-order valence-electron chi connectivity index (χ2n) is 7.48. The highest BCUT2D eigenvalue weighted by molar-refractivity contribution is 6.12. The van der Waals surface area contributed by atoms with E-state index < -0.39 is 5.91 Å². The fourth-order valence-electron chi connectivity index (χ4n) is 3.97. The summed E-state index contributed by atoms with van der Waals surface area (Å²) >= 11 is 0. The zero-order valence-corrected chi connectivity index (χ0v) is 17.1. The monoisotopic (exact) mass is 432 g/mol. The van der Waals surface area contributed by atoms with Crippen LogP contribution >= 0.6 is 0 Å². The second kappa shape index (κ2) is 7.76. The van der Waals surface area contributed by atoms with Crippen molar-refractivity contribution in [1.82, 2.24) is 29.6 Å². The Kier molecular flexibility index (Phi) is 4.77. The van der Waals surface area contributed by atoms with Gasteiger partial charge in [-0.05, 0) is 31.1 Å². The van der Waals surface area contributed by atoms with Crippen molar-refractivity contribution in [1.29, 1.82) is 0 Å². The van der Waals surface area contributed by atoms with Crippen LogP contribution in [0.2, 0.25) is 0 Å². The molecule has 1 atom stereocenters. The molecule has 11 nitrogen and oxygen atoms in total. The molecule has 162 valence electrons. The topological polar surface area (TPSA) is 145 Å². The first-order chi connectivity index (χ1) is 15.5. The van der Waals surface area contributed by atoms with Crippen LogP contribution < -0.4 is 11.1 Å². The Labute approximate surface area is 181 Å². The number of nitrogens with one attached hydrogen (secondary N) is 1. The van der Waals surface area contributed by atoms with E-state index >= 15 is 0 Å². The minimum absolute atomic E-state index is 0.0507. The molecule has 0 saturated carbocycles. The number of nitrogen functional groups attached to an aromatic ring is 1. The molecular formula is C21H20N8O3. The Bertz CT molecular complexity index is 1320. The van der Waals surface area contributed by atoms with Crippen LogP contribution in [-0.2, 0) is 4.79 Å². The molecule has 32 heavy (non-hydrogen) atoms. The summed E-state index contributed by atoms with van der Waals surface area (Å²) in [5.74, 6) is -0.551. The molecule has 0 aliphatic carbocycles. The van der Waals surface area contributed by atoms with E-state index in [1.54, 1.807) is 21.7 Å². The van der Waals surface area contributed by atoms with E-state index in [4.69, 9.17) is 10.2 Å². The predicted octanol–water partition coefficient (Wildman–Crippen LogP) is 2.15. The van der Waals surface area contributed by atoms with Gasteiger partial charge >= 0.3 is 6.01 Å². The largest absolute Gasteiger partial charge is 0.423 e. The number of para-hydroxylation sites is 2. The minimum Gasteiger partial charge on any atom is -0.423 e. The number of benzene rings is 1. The molecule has 1 fully saturated rings. The van der Waals surface area contributed by atoms with Crippen molar-refractivity contribution in [3.8, 4) is 0 Å². The first-order valence-corrected chi connectivity index (χ1v) is 10.1. The zero-order valence-electron chi connectivity index (χ0n) is 17.1. The van der Waals surface area contributed by atoms with Gasteiger partial charge in [-0.3, -0.25) is 14.9 Å². The number of piperidine rings is 1. The Morgan fingerprint density at radius 3 is 2.94 bits per heavy atom. The number of oxazole rings is 1. The van der Waals surface area contributed by atoms with Gasteiger partial charge in [0.1, 0.15) is 17.7 Å². The minimum atomic E-state index is -0.545. The number of aromatic nitrogens is 5. The smallest absolute Gasteiger partial charge is 0.302 e. The summed E-state index contributed by atoms with van der Waals surface area (Å²) < 4.78 is 7.23. The molecule has 1 saturated heterocycles. The first-order valence-electron chi connectivity index (χ1n) is 10.1. The molecule has 0 spiro atoms. The highest BCUT2D eigenvalue weighted by Crippen LogP contribution is 2.29. The van der Waals surface area contributed by atoms with Gasteiger partial charge in [0.25, 0.3) is 5.91 Å². The van der Waals surface area contributed by atoms with Gasteiger partial charge < -0.3 is 15.1 Å². The third-order valence-corrected chi connectivity index (χ3v) is 5.48. The van der Waals surface area contributed by atoms with Crippen LogP contribution in [0.25, 0.3) is 22.1 Å². The molecule has 1 unspecified atom stereocenters. The molecule has 0 bridgehead atoms. The van der Waals surface area contributed by atoms with Gasteiger partial charge in [0.15, 0.2) is 16.9 Å². The predicted molar refractivity (Wildman–Crippen MR) is 117 cm³/mol. The van der Waals surface area contributed by atoms with E-state index in [1.165, 1.54) is 12.4 Å². The van der Waals surface area contributed by atoms with Gasteiger partial charge in [-0.1, -0.05) is 18.7 Å². The Hall–Kier alpha value is -4.28. The summed E-state index contributed by atoms with van der Waals surface area (Å²) in [7, 11) is 0. The van der Waals surface area contributed by atoms with Gasteiger partial charge in [0.2, 0.25) is 5.91 Å².